The molecule has 0 aliphatic heterocycles. The first kappa shape index (κ1) is 11.6. The van der Waals surface area contributed by atoms with Crippen molar-refractivity contribution in [3.63, 3.8) is 0 Å². The first-order chi connectivity index (χ1) is 7.13. The van der Waals surface area contributed by atoms with E-state index < -0.39 is 13.0 Å². The van der Waals surface area contributed by atoms with Crippen molar-refractivity contribution in [1.29, 1.82) is 0 Å². The molecule has 2 N–H and O–H groups in total. The van der Waals surface area contributed by atoms with Crippen LogP contribution in [0, 0.1) is 0 Å². The number of halogens is 2. The van der Waals surface area contributed by atoms with E-state index in [-0.39, 0.29) is 18.2 Å². The molecule has 0 saturated carbocycles. The van der Waals surface area contributed by atoms with Gasteiger partial charge in [-0.15, -0.1) is 0 Å². The van der Waals surface area contributed by atoms with Crippen LogP contribution in [0.15, 0.2) is 12.1 Å². The molecule has 0 saturated heterocycles. The maximum Gasteiger partial charge on any atom is 0.272 e. The molecule has 0 aromatic carbocycles. The normalized spacial score (nSPS) is 10.7. The van der Waals surface area contributed by atoms with Crippen molar-refractivity contribution in [2.75, 3.05) is 19.5 Å². The van der Waals surface area contributed by atoms with E-state index in [4.69, 9.17) is 15.2 Å². The minimum Gasteiger partial charge on any atom is -0.470 e. The lowest BCUT2D eigenvalue weighted by molar-refractivity contribution is 0.0796. The number of aromatic nitrogens is 1. The van der Waals surface area contributed by atoms with E-state index in [1.165, 1.54) is 7.11 Å². The fraction of sp³-hybridized carbons (Fsp3) is 0.444. The molecule has 1 aromatic rings. The topological polar surface area (TPSA) is 57.4 Å². The lowest BCUT2D eigenvalue weighted by atomic mass is 10.3. The predicted molar refractivity (Wildman–Crippen MR) is 50.9 cm³/mol. The van der Waals surface area contributed by atoms with Gasteiger partial charge in [0, 0.05) is 7.11 Å². The fourth-order valence-corrected chi connectivity index (χ4v) is 0.975. The Morgan fingerprint density at radius 1 is 1.47 bits per heavy atom. The highest BCUT2D eigenvalue weighted by Crippen LogP contribution is 2.19. The van der Waals surface area contributed by atoms with Crippen LogP contribution in [0.5, 0.6) is 5.88 Å². The van der Waals surface area contributed by atoms with E-state index in [0.29, 0.717) is 5.69 Å². The molecule has 0 aliphatic carbocycles. The average Bonchev–Trinajstić information content (AvgIpc) is 2.19. The second-order valence-corrected chi connectivity index (χ2v) is 2.83. The van der Waals surface area contributed by atoms with Gasteiger partial charge in [0.2, 0.25) is 5.88 Å². The molecule has 0 amide bonds. The molecule has 0 aliphatic rings. The van der Waals surface area contributed by atoms with E-state index in [1.807, 2.05) is 0 Å². The highest BCUT2D eigenvalue weighted by Gasteiger charge is 2.08. The maximum absolute atomic E-state index is 11.9. The number of nitrogens with zero attached hydrogens (tertiary/aromatic N) is 1. The Morgan fingerprint density at radius 3 is 2.80 bits per heavy atom. The third-order valence-corrected chi connectivity index (χ3v) is 1.59. The van der Waals surface area contributed by atoms with Gasteiger partial charge >= 0.3 is 0 Å². The zero-order valence-electron chi connectivity index (χ0n) is 8.24. The van der Waals surface area contributed by atoms with Crippen LogP contribution in [0.1, 0.15) is 5.69 Å². The number of anilines is 1. The number of methoxy groups -OCH3 is 1. The molecule has 6 heteroatoms. The smallest absolute Gasteiger partial charge is 0.272 e. The number of nitrogen functional groups attached to an aromatic ring is 1. The summed E-state index contributed by atoms with van der Waals surface area (Å²) in [6, 6.07) is 3.19. The first-order valence-electron chi connectivity index (χ1n) is 4.28. The van der Waals surface area contributed by atoms with Crippen LogP contribution in [0.3, 0.4) is 0 Å². The second kappa shape index (κ2) is 5.45. The van der Waals surface area contributed by atoms with Crippen molar-refractivity contribution in [3.05, 3.63) is 17.8 Å². The van der Waals surface area contributed by atoms with Crippen LogP contribution in [0.2, 0.25) is 0 Å². The van der Waals surface area contributed by atoms with Crippen LogP contribution >= 0.6 is 0 Å². The van der Waals surface area contributed by atoms with Gasteiger partial charge in [0.25, 0.3) is 6.43 Å². The molecule has 4 nitrogen and oxygen atoms in total. The summed E-state index contributed by atoms with van der Waals surface area (Å²) in [5.74, 6) is 0.0184. The Balaban J connectivity index is 2.71. The van der Waals surface area contributed by atoms with Crippen molar-refractivity contribution in [2.24, 2.45) is 0 Å². The third kappa shape index (κ3) is 3.67. The number of pyridine rings is 1. The van der Waals surface area contributed by atoms with Gasteiger partial charge in [-0.3, -0.25) is 0 Å². The highest BCUT2D eigenvalue weighted by atomic mass is 19.3. The van der Waals surface area contributed by atoms with E-state index in [0.717, 1.165) is 0 Å². The van der Waals surface area contributed by atoms with Crippen molar-refractivity contribution < 1.29 is 18.3 Å². The van der Waals surface area contributed by atoms with Gasteiger partial charge < -0.3 is 15.2 Å². The van der Waals surface area contributed by atoms with Gasteiger partial charge in [0.1, 0.15) is 0 Å². The third-order valence-electron chi connectivity index (χ3n) is 1.59. The Bertz CT molecular complexity index is 321. The molecule has 15 heavy (non-hydrogen) atoms. The number of hydrogen-bond donors (Lipinski definition) is 1. The Labute approximate surface area is 86.0 Å². The SMILES string of the molecule is COCc1ccc(N)c(OCC(F)F)n1. The minimum atomic E-state index is -2.54. The Morgan fingerprint density at radius 2 is 2.20 bits per heavy atom. The quantitative estimate of drug-likeness (QED) is 0.812. The standard InChI is InChI=1S/C9H12F2N2O2/c1-14-4-6-2-3-7(12)9(13-6)15-5-8(10)11/h2-3,8H,4-5,12H2,1H3. The van der Waals surface area contributed by atoms with Crippen molar-refractivity contribution in [2.45, 2.75) is 13.0 Å². The van der Waals surface area contributed by atoms with E-state index in [1.54, 1.807) is 12.1 Å². The van der Waals surface area contributed by atoms with Gasteiger partial charge in [-0.2, -0.15) is 0 Å². The summed E-state index contributed by atoms with van der Waals surface area (Å²) >= 11 is 0. The zero-order valence-corrected chi connectivity index (χ0v) is 8.24. The van der Waals surface area contributed by atoms with Crippen LogP contribution in [0.25, 0.3) is 0 Å². The van der Waals surface area contributed by atoms with Crippen molar-refractivity contribution in [3.8, 4) is 5.88 Å². The minimum absolute atomic E-state index is 0.0184. The molecule has 0 bridgehead atoms. The van der Waals surface area contributed by atoms with Crippen LogP contribution in [0.4, 0.5) is 14.5 Å². The number of alkyl halides is 2. The summed E-state index contributed by atoms with van der Waals surface area (Å²) in [4.78, 5) is 3.93. The van der Waals surface area contributed by atoms with Crippen LogP contribution in [-0.2, 0) is 11.3 Å². The van der Waals surface area contributed by atoms with Gasteiger partial charge in [0.15, 0.2) is 6.61 Å². The molecular weight excluding hydrogens is 206 g/mol. The van der Waals surface area contributed by atoms with Crippen LogP contribution in [-0.4, -0.2) is 25.1 Å². The number of hydrogen-bond acceptors (Lipinski definition) is 4. The largest absolute Gasteiger partial charge is 0.470 e. The van der Waals surface area contributed by atoms with Gasteiger partial charge in [0.05, 0.1) is 18.0 Å². The first-order valence-corrected chi connectivity index (χ1v) is 4.28. The number of ether oxygens (including phenoxy) is 2. The predicted octanol–water partition coefficient (Wildman–Crippen LogP) is 1.45. The number of nitrogens with two attached hydrogens (primary N) is 1. The fourth-order valence-electron chi connectivity index (χ4n) is 0.975. The van der Waals surface area contributed by atoms with Gasteiger partial charge in [-0.25, -0.2) is 13.8 Å². The van der Waals surface area contributed by atoms with E-state index in [9.17, 15) is 8.78 Å². The summed E-state index contributed by atoms with van der Waals surface area (Å²) in [7, 11) is 1.51. The number of rotatable bonds is 5. The van der Waals surface area contributed by atoms with Gasteiger partial charge in [-0.05, 0) is 12.1 Å². The Hall–Kier alpha value is -1.43. The summed E-state index contributed by atoms with van der Waals surface area (Å²) in [5.41, 5.74) is 6.31. The summed E-state index contributed by atoms with van der Waals surface area (Å²) in [5, 5.41) is 0. The molecule has 1 heterocycles. The maximum atomic E-state index is 11.9. The molecule has 0 atom stereocenters. The molecule has 0 unspecified atom stereocenters. The molecule has 84 valence electrons. The van der Waals surface area contributed by atoms with Crippen molar-refractivity contribution >= 4 is 5.69 Å². The lowest BCUT2D eigenvalue weighted by Crippen LogP contribution is -2.10. The second-order valence-electron chi connectivity index (χ2n) is 2.83. The monoisotopic (exact) mass is 218 g/mol. The van der Waals surface area contributed by atoms with Gasteiger partial charge in [-0.1, -0.05) is 0 Å². The summed E-state index contributed by atoms with van der Waals surface area (Å²) in [6.45, 7) is -0.432. The zero-order chi connectivity index (χ0) is 11.3. The molecule has 1 rings (SSSR count). The van der Waals surface area contributed by atoms with Crippen LogP contribution < -0.4 is 10.5 Å². The average molecular weight is 218 g/mol. The highest BCUT2D eigenvalue weighted by molar-refractivity contribution is 5.48. The van der Waals surface area contributed by atoms with E-state index >= 15 is 0 Å². The molecular formula is C9H12F2N2O2. The summed E-state index contributed by atoms with van der Waals surface area (Å²) in [6.07, 6.45) is -2.54. The Kier molecular flexibility index (Phi) is 4.23. The van der Waals surface area contributed by atoms with E-state index in [2.05, 4.69) is 4.98 Å². The van der Waals surface area contributed by atoms with Crippen molar-refractivity contribution in [1.82, 2.24) is 4.98 Å². The molecule has 0 spiro atoms. The molecule has 0 fully saturated rings. The summed E-state index contributed by atoms with van der Waals surface area (Å²) < 4.78 is 33.3. The molecule has 1 aromatic heterocycles. The molecule has 0 radical (unpaired) electrons. The lowest BCUT2D eigenvalue weighted by Gasteiger charge is -2.08.